The third-order valence-electron chi connectivity index (χ3n) is 5.81. The van der Waals surface area contributed by atoms with Gasteiger partial charge in [0, 0.05) is 37.9 Å². The van der Waals surface area contributed by atoms with Crippen LogP contribution in [-0.4, -0.2) is 48.2 Å². The van der Waals surface area contributed by atoms with Gasteiger partial charge in [-0.3, -0.25) is 0 Å². The molecule has 1 heterocycles. The number of hydrogen-bond donors (Lipinski definition) is 1. The second-order valence-corrected chi connectivity index (χ2v) is 7.92. The smallest absolute Gasteiger partial charge is 0.335 e. The summed E-state index contributed by atoms with van der Waals surface area (Å²) in [5.74, 6) is 0.977. The summed E-state index contributed by atoms with van der Waals surface area (Å²) >= 11 is 0. The minimum atomic E-state index is -0.844. The Morgan fingerprint density at radius 1 is 0.962 bits per heavy atom. The van der Waals surface area contributed by atoms with Crippen LogP contribution < -0.4 is 4.90 Å². The number of carbonyl (C=O) groups is 1. The van der Waals surface area contributed by atoms with Gasteiger partial charge in [0.25, 0.3) is 0 Å². The quantitative estimate of drug-likeness (QED) is 0.739. The van der Waals surface area contributed by atoms with E-state index >= 15 is 0 Å². The lowest BCUT2D eigenvalue weighted by Gasteiger charge is -2.40. The van der Waals surface area contributed by atoms with Gasteiger partial charge in [0.2, 0.25) is 0 Å². The van der Waals surface area contributed by atoms with Crippen LogP contribution in [-0.2, 0) is 0 Å². The van der Waals surface area contributed by atoms with Crippen molar-refractivity contribution in [2.75, 3.05) is 31.1 Å². The maximum atomic E-state index is 11.1. The number of aromatic carboxylic acids is 1. The molecule has 1 aromatic carbocycles. The first-order valence-corrected chi connectivity index (χ1v) is 9.51. The Balaban J connectivity index is 0.00000121. The molecule has 4 nitrogen and oxygen atoms in total. The maximum absolute atomic E-state index is 11.1. The van der Waals surface area contributed by atoms with Crippen LogP contribution in [0.2, 0.25) is 0 Å². The number of nitrogens with zero attached hydrogens (tertiary/aromatic N) is 2. The molecule has 0 unspecified atom stereocenters. The SMILES string of the molecule is Cl.Cl.O=C(O)c1ccc(N(CC2CC2)C2CCN(CC3CC3)CC2)cc1. The van der Waals surface area contributed by atoms with Crippen molar-refractivity contribution in [2.45, 2.75) is 44.6 Å². The minimum absolute atomic E-state index is 0. The monoisotopic (exact) mass is 400 g/mol. The zero-order chi connectivity index (χ0) is 16.5. The summed E-state index contributed by atoms with van der Waals surface area (Å²) in [6.45, 7) is 4.88. The summed E-state index contributed by atoms with van der Waals surface area (Å²) in [6.07, 6.45) is 8.04. The Kier molecular flexibility index (Phi) is 7.63. The van der Waals surface area contributed by atoms with Gasteiger partial charge in [0.05, 0.1) is 5.56 Å². The van der Waals surface area contributed by atoms with Crippen LogP contribution in [0.15, 0.2) is 24.3 Å². The van der Waals surface area contributed by atoms with Crippen molar-refractivity contribution in [1.29, 1.82) is 0 Å². The highest BCUT2D eigenvalue weighted by molar-refractivity contribution is 5.88. The van der Waals surface area contributed by atoms with Gasteiger partial charge in [-0.1, -0.05) is 0 Å². The van der Waals surface area contributed by atoms with E-state index in [-0.39, 0.29) is 24.8 Å². The van der Waals surface area contributed by atoms with Gasteiger partial charge in [-0.15, -0.1) is 24.8 Å². The molecule has 0 amide bonds. The normalized spacial score (nSPS) is 20.8. The van der Waals surface area contributed by atoms with Crippen molar-refractivity contribution >= 4 is 36.5 Å². The lowest BCUT2D eigenvalue weighted by atomic mass is 10.0. The van der Waals surface area contributed by atoms with Gasteiger partial charge >= 0.3 is 5.97 Å². The molecule has 0 radical (unpaired) electrons. The average molecular weight is 401 g/mol. The molecule has 3 aliphatic rings. The molecule has 0 aromatic heterocycles. The Morgan fingerprint density at radius 3 is 2.04 bits per heavy atom. The molecule has 4 rings (SSSR count). The van der Waals surface area contributed by atoms with E-state index < -0.39 is 5.97 Å². The topological polar surface area (TPSA) is 43.8 Å². The van der Waals surface area contributed by atoms with Crippen LogP contribution in [0.1, 0.15) is 48.9 Å². The molecule has 1 saturated heterocycles. The van der Waals surface area contributed by atoms with E-state index in [2.05, 4.69) is 9.80 Å². The van der Waals surface area contributed by atoms with E-state index in [1.54, 1.807) is 12.1 Å². The molecular formula is C20H30Cl2N2O2. The second kappa shape index (κ2) is 9.29. The fourth-order valence-electron chi connectivity index (χ4n) is 3.92. The van der Waals surface area contributed by atoms with E-state index in [0.717, 1.165) is 18.4 Å². The molecular weight excluding hydrogens is 371 g/mol. The molecule has 1 N–H and O–H groups in total. The van der Waals surface area contributed by atoms with Crippen LogP contribution in [0.3, 0.4) is 0 Å². The van der Waals surface area contributed by atoms with Gasteiger partial charge in [-0.05, 0) is 74.6 Å². The predicted octanol–water partition coefficient (Wildman–Crippen LogP) is 4.32. The fourth-order valence-corrected chi connectivity index (χ4v) is 3.92. The van der Waals surface area contributed by atoms with Crippen LogP contribution in [0.4, 0.5) is 5.69 Å². The van der Waals surface area contributed by atoms with E-state index in [9.17, 15) is 4.79 Å². The van der Waals surface area contributed by atoms with Crippen LogP contribution in [0.25, 0.3) is 0 Å². The zero-order valence-electron chi connectivity index (χ0n) is 15.2. The average Bonchev–Trinajstić information content (AvgIpc) is 3.50. The number of hydrogen-bond acceptors (Lipinski definition) is 3. The summed E-state index contributed by atoms with van der Waals surface area (Å²) in [7, 11) is 0. The Labute approximate surface area is 168 Å². The van der Waals surface area contributed by atoms with Crippen molar-refractivity contribution in [3.05, 3.63) is 29.8 Å². The first-order chi connectivity index (χ1) is 11.7. The van der Waals surface area contributed by atoms with Crippen molar-refractivity contribution in [3.8, 4) is 0 Å². The van der Waals surface area contributed by atoms with Gasteiger partial charge in [0.15, 0.2) is 0 Å². The second-order valence-electron chi connectivity index (χ2n) is 7.92. The molecule has 2 aliphatic carbocycles. The molecule has 0 bridgehead atoms. The third kappa shape index (κ3) is 5.51. The first kappa shape index (κ1) is 21.3. The number of piperidine rings is 1. The van der Waals surface area contributed by atoms with Crippen molar-refractivity contribution in [2.24, 2.45) is 11.8 Å². The Morgan fingerprint density at radius 2 is 1.54 bits per heavy atom. The number of likely N-dealkylation sites (tertiary alicyclic amines) is 1. The lowest BCUT2D eigenvalue weighted by molar-refractivity contribution is 0.0697. The van der Waals surface area contributed by atoms with Crippen LogP contribution >= 0.6 is 24.8 Å². The summed E-state index contributed by atoms with van der Waals surface area (Å²) in [6, 6.07) is 8.11. The summed E-state index contributed by atoms with van der Waals surface area (Å²) in [4.78, 5) is 16.3. The highest BCUT2D eigenvalue weighted by Crippen LogP contribution is 2.35. The zero-order valence-corrected chi connectivity index (χ0v) is 16.8. The van der Waals surface area contributed by atoms with Crippen LogP contribution in [0.5, 0.6) is 0 Å². The van der Waals surface area contributed by atoms with E-state index in [0.29, 0.717) is 11.6 Å². The molecule has 2 saturated carbocycles. The molecule has 3 fully saturated rings. The number of halogens is 2. The summed E-state index contributed by atoms with van der Waals surface area (Å²) < 4.78 is 0. The van der Waals surface area contributed by atoms with E-state index in [4.69, 9.17) is 5.11 Å². The Bertz CT molecular complexity index is 580. The van der Waals surface area contributed by atoms with E-state index in [1.165, 1.54) is 63.8 Å². The van der Waals surface area contributed by atoms with Gasteiger partial charge < -0.3 is 14.9 Å². The molecule has 0 spiro atoms. The number of anilines is 1. The fraction of sp³-hybridized carbons (Fsp3) is 0.650. The molecule has 1 aromatic rings. The Hall–Kier alpha value is -0.970. The molecule has 146 valence electrons. The predicted molar refractivity (Wildman–Crippen MR) is 110 cm³/mol. The molecule has 26 heavy (non-hydrogen) atoms. The lowest BCUT2D eigenvalue weighted by Crippen LogP contribution is -2.46. The molecule has 0 atom stereocenters. The van der Waals surface area contributed by atoms with Crippen molar-refractivity contribution < 1.29 is 9.90 Å². The summed E-state index contributed by atoms with van der Waals surface area (Å²) in [5.41, 5.74) is 1.58. The number of carboxylic acid groups (broad SMARTS) is 1. The van der Waals surface area contributed by atoms with Gasteiger partial charge in [-0.2, -0.15) is 0 Å². The molecule has 6 heteroatoms. The van der Waals surface area contributed by atoms with Crippen LogP contribution in [0, 0.1) is 11.8 Å². The summed E-state index contributed by atoms with van der Waals surface area (Å²) in [5, 5.41) is 9.11. The molecule has 1 aliphatic heterocycles. The largest absolute Gasteiger partial charge is 0.478 e. The third-order valence-corrected chi connectivity index (χ3v) is 5.81. The van der Waals surface area contributed by atoms with E-state index in [1.807, 2.05) is 12.1 Å². The first-order valence-electron chi connectivity index (χ1n) is 9.51. The number of benzene rings is 1. The van der Waals surface area contributed by atoms with Crippen molar-refractivity contribution in [1.82, 2.24) is 4.90 Å². The van der Waals surface area contributed by atoms with Gasteiger partial charge in [-0.25, -0.2) is 4.79 Å². The highest BCUT2D eigenvalue weighted by atomic mass is 35.5. The standard InChI is InChI=1S/C20H28N2O2.2ClH/c23-20(24)17-5-7-18(8-6-17)22(14-16-3-4-16)19-9-11-21(12-10-19)13-15-1-2-15;;/h5-8,15-16,19H,1-4,9-14H2,(H,23,24);2*1H. The minimum Gasteiger partial charge on any atom is -0.478 e. The highest BCUT2D eigenvalue weighted by Gasteiger charge is 2.32. The van der Waals surface area contributed by atoms with Crippen molar-refractivity contribution in [3.63, 3.8) is 0 Å². The van der Waals surface area contributed by atoms with Gasteiger partial charge in [0.1, 0.15) is 0 Å². The number of carboxylic acids is 1. The number of rotatable bonds is 7. The maximum Gasteiger partial charge on any atom is 0.335 e.